The van der Waals surface area contributed by atoms with E-state index in [2.05, 4.69) is 0 Å². The molecule has 12 nitrogen and oxygen atoms in total. The summed E-state index contributed by atoms with van der Waals surface area (Å²) in [4.78, 5) is 0. The molecule has 2 heterocycles. The van der Waals surface area contributed by atoms with Crippen molar-refractivity contribution in [3.8, 4) is 57.5 Å². The normalized spacial score (nSPS) is 22.9. The standard InChI is InChI=1S/C30H26O12/c31-13-7-19(36)24-23(8-13)42-30(12-2-4-16(33)18(35)6-12)28(40)26(24)25-20(37)10-22-14(27(25)39)9-21(38)29(41-22)11-1-3-15(32)17(34)5-11/h1-8,10,21,26,28-40H,9H2/t21?,26-,28?,29?,30?/m1/s1. The van der Waals surface area contributed by atoms with E-state index in [1.165, 1.54) is 42.5 Å². The molecule has 4 aromatic carbocycles. The van der Waals surface area contributed by atoms with Gasteiger partial charge in [-0.1, -0.05) is 12.1 Å². The highest BCUT2D eigenvalue weighted by Gasteiger charge is 2.45. The molecule has 4 aromatic rings. The fourth-order valence-electron chi connectivity index (χ4n) is 5.70. The lowest BCUT2D eigenvalue weighted by Crippen LogP contribution is -2.35. The SMILES string of the molecule is Oc1cc(O)c2c(c1)OC(c1ccc(O)c(O)c1)C(O)[C@H]2c1c(O)cc2c(c1O)CC(O)C(c1ccc(O)c(O)c1)O2. The molecule has 5 atom stereocenters. The van der Waals surface area contributed by atoms with Crippen LogP contribution in [-0.2, 0) is 6.42 Å². The Labute approximate surface area is 237 Å². The summed E-state index contributed by atoms with van der Waals surface area (Å²) in [7, 11) is 0. The van der Waals surface area contributed by atoms with Gasteiger partial charge in [0.05, 0.1) is 12.0 Å². The predicted octanol–water partition coefficient (Wildman–Crippen LogP) is 3.00. The third kappa shape index (κ3) is 4.24. The molecule has 0 saturated carbocycles. The number of rotatable bonds is 3. The minimum absolute atomic E-state index is 0.00771. The first kappa shape index (κ1) is 27.0. The van der Waals surface area contributed by atoms with E-state index < -0.39 is 64.8 Å². The van der Waals surface area contributed by atoms with Crippen LogP contribution >= 0.6 is 0 Å². The van der Waals surface area contributed by atoms with Gasteiger partial charge in [0.25, 0.3) is 0 Å². The number of phenols is 8. The number of fused-ring (bicyclic) bond motifs is 2. The van der Waals surface area contributed by atoms with Crippen molar-refractivity contribution in [1.82, 2.24) is 0 Å². The molecule has 2 aliphatic heterocycles. The van der Waals surface area contributed by atoms with Crippen LogP contribution in [0.15, 0.2) is 54.6 Å². The molecular weight excluding hydrogens is 552 g/mol. The maximum Gasteiger partial charge on any atom is 0.157 e. The van der Waals surface area contributed by atoms with Crippen LogP contribution in [0.5, 0.6) is 57.5 Å². The van der Waals surface area contributed by atoms with Gasteiger partial charge in [-0.05, 0) is 35.4 Å². The van der Waals surface area contributed by atoms with Crippen LogP contribution in [0.3, 0.4) is 0 Å². The molecule has 6 rings (SSSR count). The second kappa shape index (κ2) is 9.72. The number of benzene rings is 4. The Kier molecular flexibility index (Phi) is 6.24. The number of ether oxygens (including phenoxy) is 2. The van der Waals surface area contributed by atoms with E-state index >= 15 is 0 Å². The van der Waals surface area contributed by atoms with E-state index in [1.54, 1.807) is 0 Å². The van der Waals surface area contributed by atoms with Gasteiger partial charge in [-0.3, -0.25) is 0 Å². The number of aromatic hydroxyl groups is 8. The highest BCUT2D eigenvalue weighted by atomic mass is 16.5. The zero-order valence-electron chi connectivity index (χ0n) is 21.6. The monoisotopic (exact) mass is 578 g/mol. The smallest absolute Gasteiger partial charge is 0.157 e. The molecule has 0 spiro atoms. The van der Waals surface area contributed by atoms with Crippen LogP contribution in [0, 0.1) is 0 Å². The maximum absolute atomic E-state index is 11.6. The molecule has 0 fully saturated rings. The molecular formula is C30H26O12. The van der Waals surface area contributed by atoms with Gasteiger partial charge in [0.1, 0.15) is 46.7 Å². The summed E-state index contributed by atoms with van der Waals surface area (Å²) in [6.45, 7) is 0. The molecule has 10 N–H and O–H groups in total. The quantitative estimate of drug-likeness (QED) is 0.159. The molecule has 2 aliphatic rings. The first-order valence-corrected chi connectivity index (χ1v) is 12.8. The van der Waals surface area contributed by atoms with Crippen molar-refractivity contribution in [3.63, 3.8) is 0 Å². The fourth-order valence-corrected chi connectivity index (χ4v) is 5.70. The molecule has 0 amide bonds. The zero-order valence-corrected chi connectivity index (χ0v) is 21.6. The van der Waals surface area contributed by atoms with Crippen LogP contribution in [0.4, 0.5) is 0 Å². The first-order valence-electron chi connectivity index (χ1n) is 12.8. The van der Waals surface area contributed by atoms with Gasteiger partial charge in [0.15, 0.2) is 29.1 Å². The van der Waals surface area contributed by atoms with Crippen LogP contribution in [0.1, 0.15) is 45.9 Å². The second-order valence-corrected chi connectivity index (χ2v) is 10.3. The Morgan fingerprint density at radius 3 is 1.74 bits per heavy atom. The third-order valence-corrected chi connectivity index (χ3v) is 7.69. The van der Waals surface area contributed by atoms with Gasteiger partial charge in [0, 0.05) is 41.3 Å². The number of aliphatic hydroxyl groups excluding tert-OH is 2. The lowest BCUT2D eigenvalue weighted by Gasteiger charge is -2.39. The summed E-state index contributed by atoms with van der Waals surface area (Å²) in [6.07, 6.45) is -5.31. The summed E-state index contributed by atoms with van der Waals surface area (Å²) in [6, 6.07) is 11.0. The van der Waals surface area contributed by atoms with Crippen molar-refractivity contribution in [1.29, 1.82) is 0 Å². The van der Waals surface area contributed by atoms with Crippen LogP contribution < -0.4 is 9.47 Å². The van der Waals surface area contributed by atoms with Crippen LogP contribution in [0.2, 0.25) is 0 Å². The van der Waals surface area contributed by atoms with Gasteiger partial charge in [-0.2, -0.15) is 0 Å². The highest BCUT2D eigenvalue weighted by molar-refractivity contribution is 5.65. The molecule has 0 radical (unpaired) electrons. The summed E-state index contributed by atoms with van der Waals surface area (Å²) in [5.41, 5.74) is 0.333. The van der Waals surface area contributed by atoms with Crippen molar-refractivity contribution in [3.05, 3.63) is 82.4 Å². The molecule has 12 heteroatoms. The van der Waals surface area contributed by atoms with Crippen molar-refractivity contribution in [2.75, 3.05) is 0 Å². The average molecular weight is 579 g/mol. The topological polar surface area (TPSA) is 221 Å². The maximum atomic E-state index is 11.6. The third-order valence-electron chi connectivity index (χ3n) is 7.69. The molecule has 0 aliphatic carbocycles. The Morgan fingerprint density at radius 2 is 1.12 bits per heavy atom. The Hall–Kier alpha value is -5.20. The van der Waals surface area contributed by atoms with Crippen molar-refractivity contribution < 1.29 is 60.5 Å². The van der Waals surface area contributed by atoms with Crippen LogP contribution in [0.25, 0.3) is 0 Å². The van der Waals surface area contributed by atoms with Crippen LogP contribution in [-0.4, -0.2) is 63.3 Å². The first-order chi connectivity index (χ1) is 19.9. The number of phenolic OH excluding ortho intramolecular Hbond substituents is 8. The second-order valence-electron chi connectivity index (χ2n) is 10.3. The van der Waals surface area contributed by atoms with Crippen molar-refractivity contribution in [2.45, 2.75) is 36.8 Å². The van der Waals surface area contributed by atoms with Gasteiger partial charge >= 0.3 is 0 Å². The number of hydrogen-bond donors (Lipinski definition) is 10. The highest BCUT2D eigenvalue weighted by Crippen LogP contribution is 2.56. The van der Waals surface area contributed by atoms with Gasteiger partial charge in [-0.25, -0.2) is 0 Å². The van der Waals surface area contributed by atoms with E-state index in [4.69, 9.17) is 9.47 Å². The average Bonchev–Trinajstić information content (AvgIpc) is 2.93. The Bertz CT molecular complexity index is 1720. The molecule has 218 valence electrons. The van der Waals surface area contributed by atoms with E-state index in [1.807, 2.05) is 0 Å². The molecule has 0 aromatic heterocycles. The summed E-state index contributed by atoms with van der Waals surface area (Å²) in [5.74, 6) is -5.07. The minimum Gasteiger partial charge on any atom is -0.508 e. The predicted molar refractivity (Wildman–Crippen MR) is 143 cm³/mol. The lowest BCUT2D eigenvalue weighted by molar-refractivity contribution is 0.00573. The fraction of sp³-hybridized carbons (Fsp3) is 0.200. The Balaban J connectivity index is 1.47. The zero-order chi connectivity index (χ0) is 30.0. The molecule has 4 unspecified atom stereocenters. The lowest BCUT2D eigenvalue weighted by atomic mass is 9.77. The Morgan fingerprint density at radius 1 is 0.548 bits per heavy atom. The molecule has 0 bridgehead atoms. The van der Waals surface area contributed by atoms with Gasteiger partial charge in [0.2, 0.25) is 0 Å². The molecule has 0 saturated heterocycles. The summed E-state index contributed by atoms with van der Waals surface area (Å²) >= 11 is 0. The summed E-state index contributed by atoms with van der Waals surface area (Å²) < 4.78 is 11.8. The minimum atomic E-state index is -1.60. The largest absolute Gasteiger partial charge is 0.508 e. The van der Waals surface area contributed by atoms with Gasteiger partial charge in [-0.15, -0.1) is 0 Å². The van der Waals surface area contributed by atoms with E-state index in [0.29, 0.717) is 5.56 Å². The van der Waals surface area contributed by atoms with E-state index in [9.17, 15) is 51.1 Å². The molecule has 42 heavy (non-hydrogen) atoms. The van der Waals surface area contributed by atoms with E-state index in [-0.39, 0.29) is 51.7 Å². The number of aliphatic hydroxyl groups is 2. The number of hydrogen-bond acceptors (Lipinski definition) is 12. The van der Waals surface area contributed by atoms with Crippen molar-refractivity contribution in [2.24, 2.45) is 0 Å². The van der Waals surface area contributed by atoms with Crippen molar-refractivity contribution >= 4 is 0 Å². The van der Waals surface area contributed by atoms with E-state index in [0.717, 1.165) is 12.1 Å². The van der Waals surface area contributed by atoms with Gasteiger partial charge < -0.3 is 60.5 Å². The summed E-state index contributed by atoms with van der Waals surface area (Å²) in [5, 5.41) is 105.